The van der Waals surface area contributed by atoms with E-state index < -0.39 is 0 Å². The number of benzene rings is 2. The lowest BCUT2D eigenvalue weighted by Crippen LogP contribution is -2.24. The molecule has 0 unspecified atom stereocenters. The number of rotatable bonds is 2. The van der Waals surface area contributed by atoms with Gasteiger partial charge in [-0.25, -0.2) is 0 Å². The van der Waals surface area contributed by atoms with Gasteiger partial charge in [-0.1, -0.05) is 24.3 Å². The highest BCUT2D eigenvalue weighted by Crippen LogP contribution is 2.44. The molecular formula is C26H30N2. The van der Waals surface area contributed by atoms with Gasteiger partial charge in [-0.05, 0) is 96.9 Å². The molecule has 4 aliphatic rings. The number of fused-ring (bicyclic) bond motifs is 5. The summed E-state index contributed by atoms with van der Waals surface area (Å²) in [5.74, 6) is 0. The Bertz CT molecular complexity index is 943. The number of hydrogen-bond donors (Lipinski definition) is 0. The van der Waals surface area contributed by atoms with Crippen molar-refractivity contribution >= 4 is 11.4 Å². The topological polar surface area (TPSA) is 6.48 Å². The van der Waals surface area contributed by atoms with E-state index in [-0.39, 0.29) is 0 Å². The molecular weight excluding hydrogens is 340 g/mol. The number of hydrogen-bond acceptors (Lipinski definition) is 2. The molecule has 2 fully saturated rings. The summed E-state index contributed by atoms with van der Waals surface area (Å²) in [6, 6.07) is 9.91. The van der Waals surface area contributed by atoms with E-state index in [1.54, 1.807) is 27.9 Å². The molecule has 0 radical (unpaired) electrons. The average Bonchev–Trinajstić information content (AvgIpc) is 3.46. The molecule has 2 saturated heterocycles. The third-order valence-corrected chi connectivity index (χ3v) is 7.40. The Morgan fingerprint density at radius 1 is 0.607 bits per heavy atom. The minimum Gasteiger partial charge on any atom is -0.371 e. The smallest absolute Gasteiger partial charge is 0.0425 e. The van der Waals surface area contributed by atoms with Gasteiger partial charge in [0.25, 0.3) is 0 Å². The normalized spacial score (nSPS) is 20.3. The Morgan fingerprint density at radius 3 is 2.14 bits per heavy atom. The van der Waals surface area contributed by atoms with Crippen molar-refractivity contribution in [3.8, 4) is 11.1 Å². The van der Waals surface area contributed by atoms with E-state index in [2.05, 4.69) is 46.2 Å². The van der Waals surface area contributed by atoms with Gasteiger partial charge in [0.2, 0.25) is 0 Å². The van der Waals surface area contributed by atoms with E-state index in [0.717, 1.165) is 12.8 Å². The fourth-order valence-corrected chi connectivity index (χ4v) is 5.93. The highest BCUT2D eigenvalue weighted by Gasteiger charge is 2.27. The molecule has 0 bridgehead atoms. The van der Waals surface area contributed by atoms with Crippen LogP contribution in [0.25, 0.3) is 11.1 Å². The second-order valence-electron chi connectivity index (χ2n) is 8.99. The largest absolute Gasteiger partial charge is 0.371 e. The van der Waals surface area contributed by atoms with Crippen molar-refractivity contribution in [3.63, 3.8) is 0 Å². The summed E-state index contributed by atoms with van der Waals surface area (Å²) in [7, 11) is 0. The van der Waals surface area contributed by atoms with Crippen LogP contribution < -0.4 is 9.80 Å². The van der Waals surface area contributed by atoms with Gasteiger partial charge >= 0.3 is 0 Å². The molecule has 28 heavy (non-hydrogen) atoms. The first-order valence-electron chi connectivity index (χ1n) is 11.3. The van der Waals surface area contributed by atoms with Crippen molar-refractivity contribution in [2.75, 3.05) is 36.0 Å². The van der Waals surface area contributed by atoms with Crippen molar-refractivity contribution in [2.45, 2.75) is 51.4 Å². The van der Waals surface area contributed by atoms with Crippen LogP contribution in [0.3, 0.4) is 0 Å². The van der Waals surface area contributed by atoms with E-state index in [0.29, 0.717) is 0 Å². The Morgan fingerprint density at radius 2 is 1.32 bits per heavy atom. The molecule has 0 N–H and O–H groups in total. The van der Waals surface area contributed by atoms with Crippen molar-refractivity contribution in [1.29, 1.82) is 0 Å². The molecule has 2 aromatic carbocycles. The van der Waals surface area contributed by atoms with Crippen LogP contribution in [0, 0.1) is 0 Å². The zero-order valence-corrected chi connectivity index (χ0v) is 16.8. The quantitative estimate of drug-likeness (QED) is 0.661. The number of anilines is 2. The third kappa shape index (κ3) is 2.61. The monoisotopic (exact) mass is 370 g/mol. The van der Waals surface area contributed by atoms with E-state index >= 15 is 0 Å². The van der Waals surface area contributed by atoms with Gasteiger partial charge < -0.3 is 9.80 Å². The van der Waals surface area contributed by atoms with Gasteiger partial charge in [0.1, 0.15) is 0 Å². The Kier molecular flexibility index (Phi) is 3.99. The Balaban J connectivity index is 1.53. The van der Waals surface area contributed by atoms with Crippen LogP contribution in [0.2, 0.25) is 0 Å². The molecule has 6 rings (SSSR count). The predicted molar refractivity (Wildman–Crippen MR) is 119 cm³/mol. The number of allylic oxidation sites excluding steroid dienone is 2. The Labute approximate surface area is 168 Å². The first-order chi connectivity index (χ1) is 13.9. The minimum absolute atomic E-state index is 1.11. The SMILES string of the molecule is C1=CCc2c(ccc3c2CCc2c-3cc(N3CCCC3)cc2N2CCCC2)C1. The summed E-state index contributed by atoms with van der Waals surface area (Å²) < 4.78 is 0. The lowest BCUT2D eigenvalue weighted by Gasteiger charge is -2.32. The maximum atomic E-state index is 2.67. The number of nitrogens with zero attached hydrogens (tertiary/aromatic N) is 2. The van der Waals surface area contributed by atoms with Crippen LogP contribution >= 0.6 is 0 Å². The predicted octanol–water partition coefficient (Wildman–Crippen LogP) is 5.31. The van der Waals surface area contributed by atoms with E-state index in [9.17, 15) is 0 Å². The summed E-state index contributed by atoms with van der Waals surface area (Å²) in [4.78, 5) is 5.29. The van der Waals surface area contributed by atoms with Crippen LogP contribution in [-0.2, 0) is 25.7 Å². The maximum Gasteiger partial charge on any atom is 0.0425 e. The molecule has 0 amide bonds. The third-order valence-electron chi connectivity index (χ3n) is 7.40. The molecule has 0 saturated carbocycles. The summed E-state index contributed by atoms with van der Waals surface area (Å²) in [5, 5.41) is 0. The van der Waals surface area contributed by atoms with Gasteiger partial charge in [0, 0.05) is 37.6 Å². The van der Waals surface area contributed by atoms with Crippen LogP contribution in [0.5, 0.6) is 0 Å². The van der Waals surface area contributed by atoms with Crippen LogP contribution in [0.1, 0.15) is 47.9 Å². The molecule has 2 aromatic rings. The lowest BCUT2D eigenvalue weighted by molar-refractivity contribution is 0.880. The van der Waals surface area contributed by atoms with E-state index in [4.69, 9.17) is 0 Å². The molecule has 2 heterocycles. The van der Waals surface area contributed by atoms with Crippen LogP contribution in [0.4, 0.5) is 11.4 Å². The fourth-order valence-electron chi connectivity index (χ4n) is 5.93. The van der Waals surface area contributed by atoms with Gasteiger partial charge in [-0.3, -0.25) is 0 Å². The summed E-state index contributed by atoms with van der Waals surface area (Å²) in [6.07, 6.45) is 14.7. The van der Waals surface area contributed by atoms with Crippen molar-refractivity contribution < 1.29 is 0 Å². The standard InChI is InChI=1S/C26H30N2/c1-2-8-21-19(7-1)9-10-23-22(21)11-12-24-25(23)17-20(27-13-3-4-14-27)18-26(24)28-15-5-6-16-28/h1-2,9-10,17-18H,3-8,11-16H2. The highest BCUT2D eigenvalue weighted by molar-refractivity contribution is 5.84. The first-order valence-corrected chi connectivity index (χ1v) is 11.3. The molecule has 2 heteroatoms. The minimum atomic E-state index is 1.11. The molecule has 2 aliphatic carbocycles. The maximum absolute atomic E-state index is 2.67. The molecule has 2 nitrogen and oxygen atoms in total. The molecule has 2 aliphatic heterocycles. The molecule has 0 spiro atoms. The summed E-state index contributed by atoms with van der Waals surface area (Å²) in [6.45, 7) is 4.91. The van der Waals surface area contributed by atoms with Gasteiger partial charge in [0.15, 0.2) is 0 Å². The summed E-state index contributed by atoms with van der Waals surface area (Å²) in [5.41, 5.74) is 12.5. The lowest BCUT2D eigenvalue weighted by atomic mass is 9.78. The molecule has 144 valence electrons. The van der Waals surface area contributed by atoms with Gasteiger partial charge in [-0.2, -0.15) is 0 Å². The first kappa shape index (κ1) is 16.7. The summed E-state index contributed by atoms with van der Waals surface area (Å²) >= 11 is 0. The van der Waals surface area contributed by atoms with Gasteiger partial charge in [0.05, 0.1) is 0 Å². The fraction of sp³-hybridized carbons (Fsp3) is 0.462. The van der Waals surface area contributed by atoms with E-state index in [1.807, 2.05) is 0 Å². The van der Waals surface area contributed by atoms with E-state index in [1.165, 1.54) is 81.5 Å². The van der Waals surface area contributed by atoms with Crippen molar-refractivity contribution in [3.05, 3.63) is 58.7 Å². The average molecular weight is 371 g/mol. The molecule has 0 atom stereocenters. The van der Waals surface area contributed by atoms with Crippen molar-refractivity contribution in [2.24, 2.45) is 0 Å². The zero-order chi connectivity index (χ0) is 18.5. The molecule has 0 aromatic heterocycles. The Hall–Kier alpha value is -2.22. The zero-order valence-electron chi connectivity index (χ0n) is 16.8. The van der Waals surface area contributed by atoms with Crippen molar-refractivity contribution in [1.82, 2.24) is 0 Å². The van der Waals surface area contributed by atoms with Crippen LogP contribution in [0.15, 0.2) is 36.4 Å². The van der Waals surface area contributed by atoms with Gasteiger partial charge in [-0.15, -0.1) is 0 Å². The highest BCUT2D eigenvalue weighted by atomic mass is 15.2. The second kappa shape index (κ2) is 6.69. The van der Waals surface area contributed by atoms with Crippen LogP contribution in [-0.4, -0.2) is 26.2 Å². The second-order valence-corrected chi connectivity index (χ2v) is 8.99.